The summed E-state index contributed by atoms with van der Waals surface area (Å²) in [5.41, 5.74) is 5.69. The van der Waals surface area contributed by atoms with E-state index in [9.17, 15) is 9.59 Å². The van der Waals surface area contributed by atoms with Gasteiger partial charge in [0, 0.05) is 67.1 Å². The van der Waals surface area contributed by atoms with Crippen LogP contribution in [0.15, 0.2) is 84.7 Å². The summed E-state index contributed by atoms with van der Waals surface area (Å²) in [6, 6.07) is 15.4. The summed E-state index contributed by atoms with van der Waals surface area (Å²) < 4.78 is 8.47. The number of aromatic nitrogens is 5. The number of carbonyl (C=O) groups excluding carboxylic acids is 1. The van der Waals surface area contributed by atoms with Crippen molar-refractivity contribution in [2.24, 2.45) is 0 Å². The Hall–Kier alpha value is -5.02. The van der Waals surface area contributed by atoms with Crippen LogP contribution in [0.5, 0.6) is 0 Å². The lowest BCUT2D eigenvalue weighted by molar-refractivity contribution is 0.0951. The fourth-order valence-corrected chi connectivity index (χ4v) is 4.67. The van der Waals surface area contributed by atoms with Crippen LogP contribution in [0.4, 0.5) is 0 Å². The van der Waals surface area contributed by atoms with Gasteiger partial charge < -0.3 is 19.6 Å². The molecule has 0 spiro atoms. The van der Waals surface area contributed by atoms with E-state index in [-0.39, 0.29) is 11.5 Å². The Morgan fingerprint density at radius 3 is 2.58 bits per heavy atom. The summed E-state index contributed by atoms with van der Waals surface area (Å²) in [4.78, 5) is 36.8. The van der Waals surface area contributed by atoms with E-state index in [1.807, 2.05) is 65.5 Å². The molecule has 1 amide bonds. The fourth-order valence-electron chi connectivity index (χ4n) is 4.67. The van der Waals surface area contributed by atoms with Crippen LogP contribution in [-0.2, 0) is 11.3 Å². The van der Waals surface area contributed by atoms with Crippen molar-refractivity contribution in [3.63, 3.8) is 0 Å². The molecular formula is C31H30N6O3. The van der Waals surface area contributed by atoms with Gasteiger partial charge in [0.1, 0.15) is 0 Å². The molecule has 0 fully saturated rings. The first-order valence-electron chi connectivity index (χ1n) is 12.9. The standard InChI is InChI=1S/C28H22N6O2.C3H8O/c1-3-22-17(2)34-24-14-23(20-6-4-5-7-21(20)25(24)32-28(36)26(34)31-22)33-13-10-18(16-33)15-30-27(35)19-8-11-29-12-9-19;1-3-4-2/h3-14,16H,1,15H2,2H3,(H,30,35)(H,32,36);3H2,1-2H3. The predicted octanol–water partition coefficient (Wildman–Crippen LogP) is 5.05. The van der Waals surface area contributed by atoms with Crippen molar-refractivity contribution in [1.29, 1.82) is 0 Å². The number of imidazole rings is 1. The number of methoxy groups -OCH3 is 1. The maximum atomic E-state index is 12.9. The predicted molar refractivity (Wildman–Crippen MR) is 158 cm³/mol. The molecule has 4 heterocycles. The van der Waals surface area contributed by atoms with E-state index in [2.05, 4.69) is 37.7 Å². The Balaban J connectivity index is 0.000000758. The van der Waals surface area contributed by atoms with Crippen LogP contribution in [0.2, 0.25) is 0 Å². The molecule has 9 heteroatoms. The van der Waals surface area contributed by atoms with Gasteiger partial charge in [-0.2, -0.15) is 0 Å². The number of nitrogens with one attached hydrogen (secondary N) is 2. The molecule has 6 aromatic rings. The average Bonchev–Trinajstić information content (AvgIpc) is 3.61. The van der Waals surface area contributed by atoms with Gasteiger partial charge in [0.15, 0.2) is 0 Å². The number of aryl methyl sites for hydroxylation is 1. The minimum absolute atomic E-state index is 0.152. The van der Waals surface area contributed by atoms with Gasteiger partial charge in [-0.15, -0.1) is 0 Å². The monoisotopic (exact) mass is 534 g/mol. The lowest BCUT2D eigenvalue weighted by Crippen LogP contribution is -2.22. The molecule has 0 bridgehead atoms. The van der Waals surface area contributed by atoms with E-state index in [1.54, 1.807) is 37.7 Å². The summed E-state index contributed by atoms with van der Waals surface area (Å²) in [6.07, 6.45) is 8.83. The van der Waals surface area contributed by atoms with Gasteiger partial charge in [-0.3, -0.25) is 19.0 Å². The second-order valence-corrected chi connectivity index (χ2v) is 9.16. The van der Waals surface area contributed by atoms with Gasteiger partial charge in [0.05, 0.1) is 22.4 Å². The van der Waals surface area contributed by atoms with Crippen molar-refractivity contribution in [2.75, 3.05) is 13.7 Å². The third-order valence-electron chi connectivity index (χ3n) is 6.74. The fraction of sp³-hybridized carbons (Fsp3) is 0.161. The Bertz CT molecular complexity index is 1900. The minimum Gasteiger partial charge on any atom is -0.385 e. The van der Waals surface area contributed by atoms with E-state index >= 15 is 0 Å². The van der Waals surface area contributed by atoms with Gasteiger partial charge in [0.2, 0.25) is 5.65 Å². The number of benzene rings is 2. The Morgan fingerprint density at radius 2 is 1.88 bits per heavy atom. The number of pyridine rings is 1. The Labute approximate surface area is 230 Å². The summed E-state index contributed by atoms with van der Waals surface area (Å²) >= 11 is 0. The molecule has 4 aromatic heterocycles. The molecule has 0 aliphatic rings. The molecule has 0 atom stereocenters. The Kier molecular flexibility index (Phi) is 7.56. The zero-order valence-electron chi connectivity index (χ0n) is 22.6. The first-order chi connectivity index (χ1) is 19.5. The molecular weight excluding hydrogens is 504 g/mol. The molecule has 0 unspecified atom stereocenters. The number of amides is 1. The van der Waals surface area contributed by atoms with Gasteiger partial charge >= 0.3 is 0 Å². The molecule has 40 heavy (non-hydrogen) atoms. The van der Waals surface area contributed by atoms with Gasteiger partial charge in [0.25, 0.3) is 11.5 Å². The zero-order valence-corrected chi connectivity index (χ0v) is 22.6. The SMILES string of the molecule is C=Cc1nc2c(=O)[nH]c3c4ccccc4c(-n4ccc(CNC(=O)c5ccncc5)c4)cc3n2c1C.CCOC. The summed E-state index contributed by atoms with van der Waals surface area (Å²) in [6.45, 7) is 8.94. The van der Waals surface area contributed by atoms with Crippen molar-refractivity contribution in [2.45, 2.75) is 20.4 Å². The van der Waals surface area contributed by atoms with Crippen LogP contribution >= 0.6 is 0 Å². The number of rotatable bonds is 6. The number of aromatic amines is 1. The van der Waals surface area contributed by atoms with Crippen molar-refractivity contribution in [3.05, 3.63) is 113 Å². The average molecular weight is 535 g/mol. The maximum Gasteiger partial charge on any atom is 0.292 e. The van der Waals surface area contributed by atoms with E-state index in [0.29, 0.717) is 23.4 Å². The van der Waals surface area contributed by atoms with E-state index in [0.717, 1.165) is 45.4 Å². The molecule has 9 nitrogen and oxygen atoms in total. The first kappa shape index (κ1) is 26.6. The first-order valence-corrected chi connectivity index (χ1v) is 12.9. The highest BCUT2D eigenvalue weighted by Gasteiger charge is 2.17. The molecule has 2 N–H and O–H groups in total. The topological polar surface area (TPSA) is 106 Å². The van der Waals surface area contributed by atoms with Gasteiger partial charge in [-0.1, -0.05) is 30.8 Å². The summed E-state index contributed by atoms with van der Waals surface area (Å²) in [5, 5.41) is 4.87. The highest BCUT2D eigenvalue weighted by Crippen LogP contribution is 2.31. The number of fused-ring (bicyclic) bond motifs is 5. The van der Waals surface area contributed by atoms with Gasteiger partial charge in [-0.05, 0) is 49.8 Å². The van der Waals surface area contributed by atoms with Crippen molar-refractivity contribution < 1.29 is 9.53 Å². The van der Waals surface area contributed by atoms with Crippen LogP contribution in [0.25, 0.3) is 39.2 Å². The molecule has 0 saturated carbocycles. The number of hydrogen-bond acceptors (Lipinski definition) is 5. The van der Waals surface area contributed by atoms with Crippen LogP contribution in [0.3, 0.4) is 0 Å². The van der Waals surface area contributed by atoms with Crippen LogP contribution < -0.4 is 10.9 Å². The molecule has 0 aliphatic heterocycles. The minimum atomic E-state index is -0.246. The number of carbonyl (C=O) groups is 1. The lowest BCUT2D eigenvalue weighted by Gasteiger charge is -2.13. The second kappa shape index (κ2) is 11.4. The molecule has 202 valence electrons. The van der Waals surface area contributed by atoms with Crippen LogP contribution in [0, 0.1) is 6.92 Å². The van der Waals surface area contributed by atoms with Gasteiger partial charge in [-0.25, -0.2) is 4.98 Å². The molecule has 0 aliphatic carbocycles. The van der Waals surface area contributed by atoms with E-state index < -0.39 is 0 Å². The third-order valence-corrected chi connectivity index (χ3v) is 6.74. The highest BCUT2D eigenvalue weighted by molar-refractivity contribution is 6.08. The quantitative estimate of drug-likeness (QED) is 0.291. The molecule has 2 aromatic carbocycles. The number of H-pyrrole nitrogens is 1. The highest BCUT2D eigenvalue weighted by atomic mass is 16.5. The summed E-state index contributed by atoms with van der Waals surface area (Å²) in [7, 11) is 1.68. The number of nitrogens with zero attached hydrogens (tertiary/aromatic N) is 4. The lowest BCUT2D eigenvalue weighted by atomic mass is 10.1. The smallest absolute Gasteiger partial charge is 0.292 e. The number of ether oxygens (including phenoxy) is 1. The van der Waals surface area contributed by atoms with Crippen molar-refractivity contribution >= 4 is 39.4 Å². The maximum absolute atomic E-state index is 12.9. The van der Waals surface area contributed by atoms with Crippen LogP contribution in [-0.4, -0.2) is 43.5 Å². The Morgan fingerprint density at radius 1 is 1.15 bits per heavy atom. The molecule has 6 rings (SSSR count). The third kappa shape index (κ3) is 4.90. The number of hydrogen-bond donors (Lipinski definition) is 2. The van der Waals surface area contributed by atoms with E-state index in [1.165, 1.54) is 0 Å². The normalized spacial score (nSPS) is 11.0. The zero-order chi connectivity index (χ0) is 28.2. The second-order valence-electron chi connectivity index (χ2n) is 9.16. The van der Waals surface area contributed by atoms with Crippen molar-refractivity contribution in [3.8, 4) is 5.69 Å². The molecule has 0 radical (unpaired) electrons. The molecule has 0 saturated heterocycles. The van der Waals surface area contributed by atoms with Crippen LogP contribution in [0.1, 0.15) is 34.2 Å². The summed E-state index contributed by atoms with van der Waals surface area (Å²) in [5.74, 6) is -0.152. The van der Waals surface area contributed by atoms with Crippen molar-refractivity contribution in [1.82, 2.24) is 29.2 Å². The van der Waals surface area contributed by atoms with E-state index in [4.69, 9.17) is 0 Å². The largest absolute Gasteiger partial charge is 0.385 e.